The Kier molecular flexibility index (Phi) is 6.61. The average Bonchev–Trinajstić information content (AvgIpc) is 2.85. The summed E-state index contributed by atoms with van der Waals surface area (Å²) in [5.74, 6) is 1.29. The van der Waals surface area contributed by atoms with Crippen LogP contribution in [0.3, 0.4) is 0 Å². The van der Waals surface area contributed by atoms with Gasteiger partial charge >= 0.3 is 0 Å². The van der Waals surface area contributed by atoms with E-state index in [4.69, 9.17) is 9.47 Å². The number of aromatic nitrogens is 5. The molecule has 180 valence electrons. The van der Waals surface area contributed by atoms with Crippen LogP contribution in [-0.2, 0) is 12.2 Å². The van der Waals surface area contributed by atoms with E-state index in [1.165, 1.54) is 0 Å². The van der Waals surface area contributed by atoms with Gasteiger partial charge in [-0.1, -0.05) is 6.07 Å². The van der Waals surface area contributed by atoms with Crippen LogP contribution >= 0.6 is 0 Å². The summed E-state index contributed by atoms with van der Waals surface area (Å²) >= 11 is 0. The minimum Gasteiger partial charge on any atom is -0.487 e. The second kappa shape index (κ2) is 9.63. The summed E-state index contributed by atoms with van der Waals surface area (Å²) in [4.78, 5) is 30.7. The number of aliphatic hydroxyl groups is 1. The van der Waals surface area contributed by atoms with Crippen LogP contribution in [0.2, 0.25) is 0 Å². The zero-order valence-electron chi connectivity index (χ0n) is 20.3. The highest BCUT2D eigenvalue weighted by molar-refractivity contribution is 5.57. The number of rotatable bonds is 7. The van der Waals surface area contributed by atoms with Crippen LogP contribution in [0.4, 0.5) is 0 Å². The Hall–Kier alpha value is -4.11. The highest BCUT2D eigenvalue weighted by atomic mass is 16.5. The summed E-state index contributed by atoms with van der Waals surface area (Å²) < 4.78 is 12.7. The van der Waals surface area contributed by atoms with Gasteiger partial charge in [-0.2, -0.15) is 0 Å². The Morgan fingerprint density at radius 1 is 1.00 bits per heavy atom. The third-order valence-corrected chi connectivity index (χ3v) is 5.42. The molecule has 0 saturated carbocycles. The fraction of sp³-hybridized carbons (Fsp3) is 0.269. The number of hydrogen-bond acceptors (Lipinski definition) is 8. The predicted octanol–water partition coefficient (Wildman–Crippen LogP) is 3.52. The summed E-state index contributed by atoms with van der Waals surface area (Å²) in [6.45, 7) is 7.02. The van der Waals surface area contributed by atoms with E-state index in [0.717, 1.165) is 0 Å². The van der Waals surface area contributed by atoms with E-state index < -0.39 is 5.60 Å². The average molecular weight is 474 g/mol. The molecule has 0 aliphatic carbocycles. The van der Waals surface area contributed by atoms with Crippen molar-refractivity contribution in [3.05, 3.63) is 88.0 Å². The fourth-order valence-electron chi connectivity index (χ4n) is 3.56. The first-order chi connectivity index (χ1) is 16.7. The van der Waals surface area contributed by atoms with Gasteiger partial charge in [0, 0.05) is 30.2 Å². The number of methoxy groups -OCH3 is 1. The molecule has 0 bridgehead atoms. The molecule has 9 heteroatoms. The Morgan fingerprint density at radius 3 is 2.51 bits per heavy atom. The lowest BCUT2D eigenvalue weighted by atomic mass is 10.1. The molecule has 1 N–H and O–H groups in total. The van der Waals surface area contributed by atoms with Crippen LogP contribution in [0.15, 0.2) is 59.7 Å². The van der Waals surface area contributed by atoms with E-state index in [2.05, 4.69) is 19.9 Å². The van der Waals surface area contributed by atoms with Gasteiger partial charge < -0.3 is 14.6 Å². The Bertz CT molecular complexity index is 1430. The van der Waals surface area contributed by atoms with Crippen molar-refractivity contribution in [3.63, 3.8) is 0 Å². The summed E-state index contributed by atoms with van der Waals surface area (Å²) in [6.07, 6.45) is 3.20. The van der Waals surface area contributed by atoms with Crippen molar-refractivity contribution >= 4 is 0 Å². The monoisotopic (exact) mass is 473 g/mol. The van der Waals surface area contributed by atoms with E-state index in [-0.39, 0.29) is 12.2 Å². The van der Waals surface area contributed by atoms with Crippen molar-refractivity contribution in [2.24, 2.45) is 0 Å². The highest BCUT2D eigenvalue weighted by Crippen LogP contribution is 2.23. The maximum Gasteiger partial charge on any atom is 0.261 e. The molecule has 4 rings (SSSR count). The van der Waals surface area contributed by atoms with Crippen molar-refractivity contribution < 1.29 is 14.6 Å². The first-order valence-electron chi connectivity index (χ1n) is 11.1. The SMILES string of the molecule is COc1cccc(COc2cc(C)n(-c3ccnc(-c4ccnc(C(C)(C)O)n4)c3)c(=O)c2C)n1. The van der Waals surface area contributed by atoms with Gasteiger partial charge in [-0.05, 0) is 52.0 Å². The molecule has 4 aromatic heterocycles. The van der Waals surface area contributed by atoms with Gasteiger partial charge in [0.1, 0.15) is 18.0 Å². The quantitative estimate of drug-likeness (QED) is 0.434. The van der Waals surface area contributed by atoms with Crippen LogP contribution in [0.5, 0.6) is 11.6 Å². The van der Waals surface area contributed by atoms with E-state index in [9.17, 15) is 9.90 Å². The predicted molar refractivity (Wildman–Crippen MR) is 131 cm³/mol. The normalized spacial score (nSPS) is 11.4. The molecule has 0 unspecified atom stereocenters. The number of pyridine rings is 3. The van der Waals surface area contributed by atoms with Crippen LogP contribution in [0.1, 0.15) is 36.6 Å². The topological polar surface area (TPSA) is 112 Å². The lowest BCUT2D eigenvalue weighted by Gasteiger charge is -2.17. The lowest BCUT2D eigenvalue weighted by Crippen LogP contribution is -2.23. The van der Waals surface area contributed by atoms with Crippen LogP contribution in [-0.4, -0.2) is 36.7 Å². The molecule has 0 aromatic carbocycles. The van der Waals surface area contributed by atoms with Crippen molar-refractivity contribution in [1.82, 2.24) is 24.5 Å². The standard InChI is InChI=1S/C26H27N5O4/c1-16-13-22(35-15-18-7-6-8-23(29-18)34-5)17(2)24(32)31(16)19-9-11-27-21(14-19)20-10-12-28-25(30-20)26(3,4)33/h6-14,33H,15H2,1-5H3. The lowest BCUT2D eigenvalue weighted by molar-refractivity contribution is 0.0688. The molecule has 0 radical (unpaired) electrons. The number of ether oxygens (including phenoxy) is 2. The molecule has 0 saturated heterocycles. The van der Waals surface area contributed by atoms with E-state index >= 15 is 0 Å². The first-order valence-corrected chi connectivity index (χ1v) is 11.1. The smallest absolute Gasteiger partial charge is 0.261 e. The second-order valence-electron chi connectivity index (χ2n) is 8.60. The summed E-state index contributed by atoms with van der Waals surface area (Å²) in [7, 11) is 1.56. The van der Waals surface area contributed by atoms with E-state index in [1.54, 1.807) is 69.1 Å². The largest absolute Gasteiger partial charge is 0.487 e. The Labute approximate surface area is 203 Å². The third kappa shape index (κ3) is 5.20. The maximum atomic E-state index is 13.3. The van der Waals surface area contributed by atoms with Crippen LogP contribution in [0, 0.1) is 13.8 Å². The fourth-order valence-corrected chi connectivity index (χ4v) is 3.56. The highest BCUT2D eigenvalue weighted by Gasteiger charge is 2.20. The van der Waals surface area contributed by atoms with E-state index in [1.807, 2.05) is 25.1 Å². The molecule has 0 aliphatic heterocycles. The third-order valence-electron chi connectivity index (χ3n) is 5.42. The van der Waals surface area contributed by atoms with Crippen molar-refractivity contribution in [2.45, 2.75) is 39.9 Å². The second-order valence-corrected chi connectivity index (χ2v) is 8.60. The van der Waals surface area contributed by atoms with Gasteiger partial charge in [0.25, 0.3) is 5.56 Å². The van der Waals surface area contributed by atoms with Crippen LogP contribution < -0.4 is 15.0 Å². The minimum atomic E-state index is -1.19. The van der Waals surface area contributed by atoms with Crippen molar-refractivity contribution in [2.75, 3.05) is 7.11 Å². The summed E-state index contributed by atoms with van der Waals surface area (Å²) in [6, 6.07) is 12.5. The molecule has 4 heterocycles. The van der Waals surface area contributed by atoms with Gasteiger partial charge in [-0.3, -0.25) is 14.3 Å². The van der Waals surface area contributed by atoms with Gasteiger partial charge in [0.2, 0.25) is 5.88 Å². The molecule has 9 nitrogen and oxygen atoms in total. The number of nitrogens with zero attached hydrogens (tertiary/aromatic N) is 5. The molecular weight excluding hydrogens is 446 g/mol. The minimum absolute atomic E-state index is 0.199. The molecule has 0 amide bonds. The Balaban J connectivity index is 1.66. The zero-order chi connectivity index (χ0) is 25.2. The number of aryl methyl sites for hydroxylation is 1. The molecule has 0 aliphatic rings. The van der Waals surface area contributed by atoms with E-state index in [0.29, 0.717) is 51.5 Å². The van der Waals surface area contributed by atoms with Gasteiger partial charge in [0.15, 0.2) is 5.82 Å². The Morgan fingerprint density at radius 2 is 1.77 bits per heavy atom. The van der Waals surface area contributed by atoms with Gasteiger partial charge in [-0.15, -0.1) is 0 Å². The molecule has 0 spiro atoms. The number of hydrogen-bond donors (Lipinski definition) is 1. The molecule has 35 heavy (non-hydrogen) atoms. The molecule has 0 atom stereocenters. The summed E-state index contributed by atoms with van der Waals surface area (Å²) in [5, 5.41) is 10.3. The van der Waals surface area contributed by atoms with Crippen molar-refractivity contribution in [1.29, 1.82) is 0 Å². The maximum absolute atomic E-state index is 13.3. The first kappa shape index (κ1) is 24.0. The molecule has 0 fully saturated rings. The summed E-state index contributed by atoms with van der Waals surface area (Å²) in [5.41, 5.74) is 2.24. The zero-order valence-corrected chi connectivity index (χ0v) is 20.3. The van der Waals surface area contributed by atoms with Gasteiger partial charge in [0.05, 0.1) is 35.4 Å². The van der Waals surface area contributed by atoms with Crippen molar-refractivity contribution in [3.8, 4) is 28.7 Å². The molecular formula is C26H27N5O4. The van der Waals surface area contributed by atoms with Crippen LogP contribution in [0.25, 0.3) is 17.1 Å². The molecule has 4 aromatic rings. The van der Waals surface area contributed by atoms with Gasteiger partial charge in [-0.25, -0.2) is 15.0 Å².